The van der Waals surface area contributed by atoms with Crippen LogP contribution in [0.25, 0.3) is 122 Å². The normalized spacial score (nSPS) is 11.6. The Balaban J connectivity index is 1.08. The van der Waals surface area contributed by atoms with Crippen LogP contribution < -0.4 is 0 Å². The van der Waals surface area contributed by atoms with Crippen LogP contribution in [0.5, 0.6) is 0 Å². The third-order valence-corrected chi connectivity index (χ3v) is 11.9. The van der Waals surface area contributed by atoms with Gasteiger partial charge in [0.05, 0.1) is 0 Å². The molecule has 0 saturated heterocycles. The minimum Gasteiger partial charge on any atom is -0.455 e. The number of furan rings is 1. The summed E-state index contributed by atoms with van der Waals surface area (Å²) >= 11 is 0. The van der Waals surface area contributed by atoms with Crippen molar-refractivity contribution in [1.29, 1.82) is 0 Å². The van der Waals surface area contributed by atoms with Gasteiger partial charge >= 0.3 is 0 Å². The highest BCUT2D eigenvalue weighted by molar-refractivity contribution is 6.24. The predicted octanol–water partition coefficient (Wildman–Crippen LogP) is 15.2. The fraction of sp³-hybridized carbons (Fsp3) is 0. The molecule has 0 N–H and O–H groups in total. The van der Waals surface area contributed by atoms with E-state index in [1.54, 1.807) is 0 Å². The van der Waals surface area contributed by atoms with Crippen molar-refractivity contribution in [3.63, 3.8) is 0 Å². The smallest absolute Gasteiger partial charge is 0.164 e. The topological polar surface area (TPSA) is 51.8 Å². The molecule has 0 bridgehead atoms. The summed E-state index contributed by atoms with van der Waals surface area (Å²) in [6.07, 6.45) is 0. The van der Waals surface area contributed by atoms with Gasteiger partial charge in [-0.25, -0.2) is 15.0 Å². The number of nitrogens with zero attached hydrogens (tertiary/aromatic N) is 3. The van der Waals surface area contributed by atoms with Gasteiger partial charge in [-0.2, -0.15) is 0 Å². The molecule has 4 heteroatoms. The van der Waals surface area contributed by atoms with Crippen LogP contribution in [0, 0.1) is 0 Å². The number of para-hydroxylation sites is 1. The van der Waals surface area contributed by atoms with Crippen molar-refractivity contribution in [3.05, 3.63) is 212 Å². The molecule has 0 spiro atoms. The molecule has 61 heavy (non-hydrogen) atoms. The molecule has 0 saturated carbocycles. The number of rotatable bonds is 6. The molecule has 10 aromatic carbocycles. The first-order valence-corrected chi connectivity index (χ1v) is 20.6. The lowest BCUT2D eigenvalue weighted by molar-refractivity contribution is 0.670. The highest BCUT2D eigenvalue weighted by Crippen LogP contribution is 2.44. The summed E-state index contributed by atoms with van der Waals surface area (Å²) in [7, 11) is 0. The van der Waals surface area contributed by atoms with Crippen molar-refractivity contribution in [1.82, 2.24) is 15.0 Å². The summed E-state index contributed by atoms with van der Waals surface area (Å²) in [6, 6.07) is 74.5. The minimum atomic E-state index is 0.583. The summed E-state index contributed by atoms with van der Waals surface area (Å²) < 4.78 is 7.04. The van der Waals surface area contributed by atoms with Crippen molar-refractivity contribution < 1.29 is 4.42 Å². The van der Waals surface area contributed by atoms with E-state index in [9.17, 15) is 0 Å². The molecule has 0 fully saturated rings. The maximum absolute atomic E-state index is 7.04. The molecule has 284 valence electrons. The standard InChI is InChI=1S/C57H35N3O/c1-3-15-36(16-4-1)40-21-13-22-41(33-40)55-58-56(42-30-29-37-17-7-8-20-39(37)34-42)60-57(59-55)51-35-52-53(48-26-12-11-25-46(48)51)50-28-14-27-49(54(50)61-52)47-32-31-43(38-18-5-2-6-19-38)44-23-9-10-24-45(44)47/h1-35H. The van der Waals surface area contributed by atoms with Gasteiger partial charge in [-0.05, 0) is 78.3 Å². The fourth-order valence-corrected chi connectivity index (χ4v) is 9.01. The van der Waals surface area contributed by atoms with Crippen molar-refractivity contribution >= 4 is 54.3 Å². The Labute approximate surface area is 352 Å². The van der Waals surface area contributed by atoms with E-state index < -0.39 is 0 Å². The van der Waals surface area contributed by atoms with Crippen molar-refractivity contribution in [2.75, 3.05) is 0 Å². The molecule has 4 nitrogen and oxygen atoms in total. The molecule has 0 aliphatic rings. The van der Waals surface area contributed by atoms with Gasteiger partial charge in [-0.1, -0.05) is 194 Å². The van der Waals surface area contributed by atoms with Gasteiger partial charge in [-0.15, -0.1) is 0 Å². The number of hydrogen-bond donors (Lipinski definition) is 0. The molecule has 2 heterocycles. The van der Waals surface area contributed by atoms with E-state index >= 15 is 0 Å². The average molecular weight is 778 g/mol. The molecule has 2 aromatic heterocycles. The van der Waals surface area contributed by atoms with E-state index in [1.807, 2.05) is 6.07 Å². The van der Waals surface area contributed by atoms with E-state index in [0.717, 1.165) is 82.4 Å². The molecule has 0 aliphatic heterocycles. The highest BCUT2D eigenvalue weighted by Gasteiger charge is 2.21. The molecule has 0 atom stereocenters. The zero-order chi connectivity index (χ0) is 40.3. The van der Waals surface area contributed by atoms with Gasteiger partial charge in [0.1, 0.15) is 11.2 Å². The Morgan fingerprint density at radius 2 is 0.820 bits per heavy atom. The minimum absolute atomic E-state index is 0.583. The van der Waals surface area contributed by atoms with Crippen molar-refractivity contribution in [2.45, 2.75) is 0 Å². The maximum atomic E-state index is 7.04. The molecule has 12 aromatic rings. The maximum Gasteiger partial charge on any atom is 0.164 e. The van der Waals surface area contributed by atoms with E-state index in [1.165, 1.54) is 21.9 Å². The summed E-state index contributed by atoms with van der Waals surface area (Å²) in [4.78, 5) is 15.7. The van der Waals surface area contributed by atoms with Gasteiger partial charge < -0.3 is 4.42 Å². The summed E-state index contributed by atoms with van der Waals surface area (Å²) in [5.74, 6) is 1.80. The second kappa shape index (κ2) is 14.3. The number of aromatic nitrogens is 3. The van der Waals surface area contributed by atoms with Crippen LogP contribution in [0.1, 0.15) is 0 Å². The highest BCUT2D eigenvalue weighted by atomic mass is 16.3. The molecule has 0 radical (unpaired) electrons. The van der Waals surface area contributed by atoms with Crippen LogP contribution in [0.4, 0.5) is 0 Å². The second-order valence-electron chi connectivity index (χ2n) is 15.5. The SMILES string of the molecule is c1ccc(-c2cccc(-c3nc(-c4ccc5ccccc5c4)nc(-c4cc5oc6c(-c7ccc(-c8ccccc8)c8ccccc78)cccc6c5c5ccccc45)n3)c2)cc1. The second-order valence-corrected chi connectivity index (χ2v) is 15.5. The molecular weight excluding hydrogens is 743 g/mol. The van der Waals surface area contributed by atoms with E-state index in [2.05, 4.69) is 206 Å². The number of hydrogen-bond acceptors (Lipinski definition) is 4. The average Bonchev–Trinajstić information content (AvgIpc) is 3.73. The summed E-state index contributed by atoms with van der Waals surface area (Å²) in [5.41, 5.74) is 11.2. The molecule has 0 aliphatic carbocycles. The first-order chi connectivity index (χ1) is 30.2. The number of benzene rings is 10. The zero-order valence-electron chi connectivity index (χ0n) is 33.0. The lowest BCUT2D eigenvalue weighted by atomic mass is 9.91. The van der Waals surface area contributed by atoms with Gasteiger partial charge in [-0.3, -0.25) is 0 Å². The van der Waals surface area contributed by atoms with E-state index in [4.69, 9.17) is 19.4 Å². The Morgan fingerprint density at radius 1 is 0.279 bits per heavy atom. The molecular formula is C57H35N3O. The van der Waals surface area contributed by atoms with Crippen LogP contribution in [0.15, 0.2) is 217 Å². The largest absolute Gasteiger partial charge is 0.455 e. The molecule has 12 rings (SSSR count). The van der Waals surface area contributed by atoms with Crippen LogP contribution >= 0.6 is 0 Å². The number of fused-ring (bicyclic) bond motifs is 7. The lowest BCUT2D eigenvalue weighted by Gasteiger charge is -2.12. The summed E-state index contributed by atoms with van der Waals surface area (Å²) in [6.45, 7) is 0. The van der Waals surface area contributed by atoms with Crippen LogP contribution in [0.3, 0.4) is 0 Å². The Hall–Kier alpha value is -8.21. The van der Waals surface area contributed by atoms with E-state index in [-0.39, 0.29) is 0 Å². The Morgan fingerprint density at radius 3 is 1.59 bits per heavy atom. The molecule has 0 unspecified atom stereocenters. The lowest BCUT2D eigenvalue weighted by Crippen LogP contribution is -2.01. The summed E-state index contributed by atoms with van der Waals surface area (Å²) in [5, 5.41) is 8.93. The Kier molecular flexibility index (Phi) is 8.13. The van der Waals surface area contributed by atoms with Gasteiger partial charge in [0, 0.05) is 33.0 Å². The van der Waals surface area contributed by atoms with Crippen LogP contribution in [-0.2, 0) is 0 Å². The first kappa shape index (κ1) is 34.8. The predicted molar refractivity (Wildman–Crippen MR) is 252 cm³/mol. The fourth-order valence-electron chi connectivity index (χ4n) is 9.01. The Bertz CT molecular complexity index is 3650. The van der Waals surface area contributed by atoms with Crippen molar-refractivity contribution in [2.24, 2.45) is 0 Å². The molecule has 0 amide bonds. The van der Waals surface area contributed by atoms with E-state index in [0.29, 0.717) is 17.5 Å². The quantitative estimate of drug-likeness (QED) is 0.169. The van der Waals surface area contributed by atoms with Crippen LogP contribution in [0.2, 0.25) is 0 Å². The monoisotopic (exact) mass is 777 g/mol. The first-order valence-electron chi connectivity index (χ1n) is 20.6. The third kappa shape index (κ3) is 5.96. The zero-order valence-corrected chi connectivity index (χ0v) is 33.0. The van der Waals surface area contributed by atoms with Crippen LogP contribution in [-0.4, -0.2) is 15.0 Å². The third-order valence-electron chi connectivity index (χ3n) is 11.9. The van der Waals surface area contributed by atoms with Gasteiger partial charge in [0.2, 0.25) is 0 Å². The van der Waals surface area contributed by atoms with Crippen molar-refractivity contribution in [3.8, 4) is 67.5 Å². The van der Waals surface area contributed by atoms with Gasteiger partial charge in [0.15, 0.2) is 17.5 Å². The van der Waals surface area contributed by atoms with Gasteiger partial charge in [0.25, 0.3) is 0 Å².